The highest BCUT2D eigenvalue weighted by atomic mass is 16.4. The Morgan fingerprint density at radius 1 is 1.44 bits per heavy atom. The van der Waals surface area contributed by atoms with Gasteiger partial charge in [-0.2, -0.15) is 0 Å². The molecule has 1 unspecified atom stereocenters. The van der Waals surface area contributed by atoms with Crippen LogP contribution < -0.4 is 0 Å². The highest BCUT2D eigenvalue weighted by Gasteiger charge is 2.20. The topological polar surface area (TPSA) is 54.4 Å². The molecule has 0 amide bonds. The summed E-state index contributed by atoms with van der Waals surface area (Å²) in [5, 5.41) is 8.49. The molecule has 0 bridgehead atoms. The summed E-state index contributed by atoms with van der Waals surface area (Å²) in [6.07, 6.45) is 13.0. The summed E-state index contributed by atoms with van der Waals surface area (Å²) in [5.41, 5.74) is 0.896. The van der Waals surface area contributed by atoms with Gasteiger partial charge in [0.2, 0.25) is 0 Å². The number of carboxylic acids is 1. The van der Waals surface area contributed by atoms with Gasteiger partial charge in [-0.05, 0) is 31.8 Å². The van der Waals surface area contributed by atoms with Gasteiger partial charge in [0.1, 0.15) is 0 Å². The number of unbranched alkanes of at least 4 members (excludes halogenated alkanes) is 1. The van der Waals surface area contributed by atoms with Crippen LogP contribution in [0.25, 0.3) is 0 Å². The van der Waals surface area contributed by atoms with Crippen molar-refractivity contribution in [1.82, 2.24) is 0 Å². The Bertz CT molecular complexity index is 389. The maximum absolute atomic E-state index is 11.5. The quantitative estimate of drug-likeness (QED) is 0.427. The molecule has 0 saturated heterocycles. The normalized spacial score (nSPS) is 21.3. The van der Waals surface area contributed by atoms with E-state index in [0.29, 0.717) is 6.42 Å². The van der Waals surface area contributed by atoms with Crippen LogP contribution in [0.5, 0.6) is 0 Å². The lowest BCUT2D eigenvalue weighted by Gasteiger charge is -2.06. The third kappa shape index (κ3) is 4.70. The van der Waals surface area contributed by atoms with Gasteiger partial charge in [-0.25, -0.2) is 0 Å². The lowest BCUT2D eigenvalue weighted by atomic mass is 9.97. The summed E-state index contributed by atoms with van der Waals surface area (Å²) in [7, 11) is 0. The van der Waals surface area contributed by atoms with Crippen molar-refractivity contribution in [2.24, 2.45) is 5.92 Å². The Kier molecular flexibility index (Phi) is 6.12. The fourth-order valence-corrected chi connectivity index (χ4v) is 2.00. The molecule has 1 rings (SSSR count). The van der Waals surface area contributed by atoms with Crippen LogP contribution in [0.2, 0.25) is 0 Å². The molecule has 0 aromatic heterocycles. The van der Waals surface area contributed by atoms with E-state index in [1.165, 1.54) is 0 Å². The number of hydrogen-bond acceptors (Lipinski definition) is 2. The molecular weight excluding hydrogens is 228 g/mol. The van der Waals surface area contributed by atoms with E-state index in [0.717, 1.165) is 24.8 Å². The highest BCUT2D eigenvalue weighted by Crippen LogP contribution is 2.25. The van der Waals surface area contributed by atoms with Crippen LogP contribution in [-0.2, 0) is 9.59 Å². The molecule has 0 fully saturated rings. The summed E-state index contributed by atoms with van der Waals surface area (Å²) in [6, 6.07) is 0. The maximum atomic E-state index is 11.5. The zero-order chi connectivity index (χ0) is 13.4. The van der Waals surface area contributed by atoms with Crippen molar-refractivity contribution in [3.8, 4) is 0 Å². The first kappa shape index (κ1) is 14.4. The number of rotatable bonds is 7. The molecule has 0 heterocycles. The van der Waals surface area contributed by atoms with Crippen LogP contribution in [0.4, 0.5) is 0 Å². The number of carbonyl (C=O) groups is 2. The molecule has 3 nitrogen and oxygen atoms in total. The molecule has 0 aromatic carbocycles. The number of carbonyl (C=O) groups excluding carboxylic acids is 1. The molecular formula is C15H20O3. The van der Waals surface area contributed by atoms with E-state index in [2.05, 4.69) is 0 Å². The molecule has 0 spiro atoms. The fraction of sp³-hybridized carbons (Fsp3) is 0.467. The van der Waals surface area contributed by atoms with Gasteiger partial charge in [-0.3, -0.25) is 9.59 Å². The monoisotopic (exact) mass is 248 g/mol. The van der Waals surface area contributed by atoms with Gasteiger partial charge in [0.25, 0.3) is 0 Å². The molecule has 1 aliphatic rings. The van der Waals surface area contributed by atoms with Gasteiger partial charge in [0.15, 0.2) is 5.78 Å². The van der Waals surface area contributed by atoms with Gasteiger partial charge in [-0.15, -0.1) is 0 Å². The number of hydrogen-bond donors (Lipinski definition) is 1. The van der Waals surface area contributed by atoms with Gasteiger partial charge < -0.3 is 5.11 Å². The molecule has 1 N–H and O–H groups in total. The van der Waals surface area contributed by atoms with Crippen molar-refractivity contribution in [2.75, 3.05) is 0 Å². The smallest absolute Gasteiger partial charge is 0.303 e. The van der Waals surface area contributed by atoms with Crippen LogP contribution in [0.3, 0.4) is 0 Å². The second-order valence-corrected chi connectivity index (χ2v) is 4.39. The summed E-state index contributed by atoms with van der Waals surface area (Å²) in [6.45, 7) is 2.03. The number of ketones is 1. The Hall–Kier alpha value is -1.64. The van der Waals surface area contributed by atoms with Crippen LogP contribution in [0.1, 0.15) is 39.0 Å². The molecule has 0 aliphatic heterocycles. The Balaban J connectivity index is 2.32. The van der Waals surface area contributed by atoms with Gasteiger partial charge in [0.05, 0.1) is 0 Å². The molecule has 3 heteroatoms. The first-order chi connectivity index (χ1) is 8.65. The van der Waals surface area contributed by atoms with E-state index >= 15 is 0 Å². The second kappa shape index (κ2) is 7.64. The van der Waals surface area contributed by atoms with Crippen molar-refractivity contribution in [3.05, 3.63) is 36.0 Å². The molecule has 18 heavy (non-hydrogen) atoms. The largest absolute Gasteiger partial charge is 0.481 e. The third-order valence-electron chi connectivity index (χ3n) is 2.91. The van der Waals surface area contributed by atoms with Gasteiger partial charge in [0, 0.05) is 17.9 Å². The van der Waals surface area contributed by atoms with Crippen LogP contribution in [0, 0.1) is 5.92 Å². The first-order valence-corrected chi connectivity index (χ1v) is 6.44. The lowest BCUT2D eigenvalue weighted by molar-refractivity contribution is -0.137. The van der Waals surface area contributed by atoms with Crippen molar-refractivity contribution in [1.29, 1.82) is 0 Å². The molecule has 1 atom stereocenters. The molecule has 0 aromatic rings. The van der Waals surface area contributed by atoms with Crippen LogP contribution >= 0.6 is 0 Å². The summed E-state index contributed by atoms with van der Waals surface area (Å²) < 4.78 is 0. The van der Waals surface area contributed by atoms with E-state index in [4.69, 9.17) is 5.11 Å². The minimum Gasteiger partial charge on any atom is -0.481 e. The van der Waals surface area contributed by atoms with Crippen molar-refractivity contribution in [2.45, 2.75) is 39.0 Å². The molecule has 0 radical (unpaired) electrons. The molecule has 1 aliphatic carbocycles. The number of allylic oxidation sites excluding steroid dienone is 6. The van der Waals surface area contributed by atoms with Crippen molar-refractivity contribution >= 4 is 11.8 Å². The fourth-order valence-electron chi connectivity index (χ4n) is 2.00. The second-order valence-electron chi connectivity index (χ2n) is 4.39. The minimum atomic E-state index is -0.749. The number of carboxylic acid groups (broad SMARTS) is 1. The minimum absolute atomic E-state index is 0.126. The summed E-state index contributed by atoms with van der Waals surface area (Å²) >= 11 is 0. The van der Waals surface area contributed by atoms with E-state index in [-0.39, 0.29) is 18.1 Å². The van der Waals surface area contributed by atoms with Crippen LogP contribution in [0.15, 0.2) is 36.0 Å². The SMILES string of the molecule is CCC=C1C(=O)C=CC1CC=CCCCC(=O)O. The van der Waals surface area contributed by atoms with Crippen LogP contribution in [-0.4, -0.2) is 16.9 Å². The molecule has 0 saturated carbocycles. The Labute approximate surface area is 108 Å². The van der Waals surface area contributed by atoms with E-state index in [1.54, 1.807) is 6.08 Å². The average Bonchev–Trinajstić information content (AvgIpc) is 2.66. The highest BCUT2D eigenvalue weighted by molar-refractivity contribution is 6.07. The predicted molar refractivity (Wildman–Crippen MR) is 71.3 cm³/mol. The van der Waals surface area contributed by atoms with Crippen molar-refractivity contribution < 1.29 is 14.7 Å². The zero-order valence-electron chi connectivity index (χ0n) is 10.8. The maximum Gasteiger partial charge on any atom is 0.303 e. The zero-order valence-corrected chi connectivity index (χ0v) is 10.8. The Morgan fingerprint density at radius 2 is 2.22 bits per heavy atom. The first-order valence-electron chi connectivity index (χ1n) is 6.44. The average molecular weight is 248 g/mol. The predicted octanol–water partition coefficient (Wildman–Crippen LogP) is 3.28. The standard InChI is InChI=1S/C15H20O3/c1-2-7-13-12(10-11-14(13)16)8-5-3-4-6-9-15(17)18/h3,5,7,10-12H,2,4,6,8-9H2,1H3,(H,17,18). The third-order valence-corrected chi connectivity index (χ3v) is 2.91. The number of aliphatic carboxylic acids is 1. The van der Waals surface area contributed by atoms with Gasteiger partial charge in [-0.1, -0.05) is 31.2 Å². The summed E-state index contributed by atoms with van der Waals surface area (Å²) in [4.78, 5) is 21.9. The van der Waals surface area contributed by atoms with Crippen molar-refractivity contribution in [3.63, 3.8) is 0 Å². The lowest BCUT2D eigenvalue weighted by Crippen LogP contribution is -2.01. The summed E-state index contributed by atoms with van der Waals surface area (Å²) in [5.74, 6) is -0.421. The Morgan fingerprint density at radius 3 is 2.89 bits per heavy atom. The van der Waals surface area contributed by atoms with Gasteiger partial charge >= 0.3 is 5.97 Å². The van der Waals surface area contributed by atoms with E-state index in [9.17, 15) is 9.59 Å². The van der Waals surface area contributed by atoms with E-state index < -0.39 is 5.97 Å². The molecule has 98 valence electrons. The van der Waals surface area contributed by atoms with E-state index in [1.807, 2.05) is 31.2 Å².